The Bertz CT molecular complexity index is 1300. The van der Waals surface area contributed by atoms with Gasteiger partial charge in [-0.05, 0) is 85.2 Å². The molecular formula is C29H31Cl2F9O4. The van der Waals surface area contributed by atoms with Crippen LogP contribution in [0.3, 0.4) is 0 Å². The predicted molar refractivity (Wildman–Crippen MR) is 147 cm³/mol. The number of alkyl halides is 9. The summed E-state index contributed by atoms with van der Waals surface area (Å²) in [5, 5.41) is 20.4. The van der Waals surface area contributed by atoms with E-state index in [1.807, 2.05) is 0 Å². The first-order valence-corrected chi connectivity index (χ1v) is 13.6. The van der Waals surface area contributed by atoms with Crippen LogP contribution in [-0.4, -0.2) is 43.0 Å². The molecule has 2 N–H and O–H groups in total. The number of unbranched alkanes of at least 4 members (excludes halogenated alkanes) is 1. The van der Waals surface area contributed by atoms with Gasteiger partial charge in [-0.2, -0.15) is 39.5 Å². The lowest BCUT2D eigenvalue weighted by molar-refractivity contribution is -0.367. The molecule has 2 unspecified atom stereocenters. The van der Waals surface area contributed by atoms with Crippen LogP contribution in [0.25, 0.3) is 5.57 Å². The van der Waals surface area contributed by atoms with Gasteiger partial charge in [-0.15, -0.1) is 0 Å². The maximum absolute atomic E-state index is 14.0. The van der Waals surface area contributed by atoms with Crippen molar-refractivity contribution in [2.45, 2.75) is 77.1 Å². The van der Waals surface area contributed by atoms with Crippen LogP contribution in [0.4, 0.5) is 39.5 Å². The van der Waals surface area contributed by atoms with Crippen molar-refractivity contribution in [3.05, 3.63) is 73.8 Å². The normalized spacial score (nSPS) is 16.0. The second-order valence-electron chi connectivity index (χ2n) is 10.8. The van der Waals surface area contributed by atoms with E-state index in [0.29, 0.717) is 14.2 Å². The number of halogens is 11. The fourth-order valence-corrected chi connectivity index (χ4v) is 4.90. The minimum absolute atomic E-state index is 0.0932. The van der Waals surface area contributed by atoms with E-state index in [-0.39, 0.29) is 57.1 Å². The Labute approximate surface area is 258 Å². The Balaban J connectivity index is 2.91. The average Bonchev–Trinajstić information content (AvgIpc) is 2.88. The molecule has 0 aromatic heterocycles. The van der Waals surface area contributed by atoms with Gasteiger partial charge in [-0.3, -0.25) is 0 Å². The van der Waals surface area contributed by atoms with Crippen molar-refractivity contribution in [2.75, 3.05) is 14.2 Å². The third kappa shape index (κ3) is 7.33. The quantitative estimate of drug-likeness (QED) is 0.149. The monoisotopic (exact) mass is 684 g/mol. The molecule has 0 amide bonds. The van der Waals surface area contributed by atoms with Crippen LogP contribution >= 0.6 is 23.2 Å². The molecule has 0 heterocycles. The molecule has 0 saturated heterocycles. The zero-order valence-electron chi connectivity index (χ0n) is 24.4. The highest BCUT2D eigenvalue weighted by atomic mass is 35.5. The molecule has 0 aliphatic rings. The van der Waals surface area contributed by atoms with Crippen molar-refractivity contribution < 1.29 is 59.2 Å². The third-order valence-electron chi connectivity index (χ3n) is 7.52. The van der Waals surface area contributed by atoms with E-state index in [4.69, 9.17) is 23.2 Å². The van der Waals surface area contributed by atoms with Gasteiger partial charge >= 0.3 is 18.5 Å². The Morgan fingerprint density at radius 3 is 1.36 bits per heavy atom. The van der Waals surface area contributed by atoms with Crippen molar-refractivity contribution in [1.82, 2.24) is 0 Å². The summed E-state index contributed by atoms with van der Waals surface area (Å²) in [7, 11) is 1.20. The van der Waals surface area contributed by atoms with Gasteiger partial charge in [0.15, 0.2) is 0 Å². The third-order valence-corrected chi connectivity index (χ3v) is 8.31. The van der Waals surface area contributed by atoms with Gasteiger partial charge in [0, 0.05) is 35.4 Å². The topological polar surface area (TPSA) is 58.9 Å². The number of hydrogen-bond acceptors (Lipinski definition) is 4. The van der Waals surface area contributed by atoms with Crippen LogP contribution in [0.15, 0.2) is 30.3 Å². The minimum Gasteiger partial charge on any atom is -0.355 e. The highest BCUT2D eigenvalue weighted by molar-refractivity contribution is 6.32. The fourth-order valence-electron chi connectivity index (χ4n) is 4.46. The van der Waals surface area contributed by atoms with Crippen molar-refractivity contribution in [3.63, 3.8) is 0 Å². The van der Waals surface area contributed by atoms with Gasteiger partial charge in [0.05, 0.1) is 5.41 Å². The summed E-state index contributed by atoms with van der Waals surface area (Å²) < 4.78 is 133. The highest BCUT2D eigenvalue weighted by Crippen LogP contribution is 2.47. The van der Waals surface area contributed by atoms with Gasteiger partial charge in [0.2, 0.25) is 0 Å². The smallest absolute Gasteiger partial charge is 0.355 e. The van der Waals surface area contributed by atoms with E-state index < -0.39 is 46.6 Å². The summed E-state index contributed by atoms with van der Waals surface area (Å²) in [6.45, 7) is 4.31. The van der Waals surface area contributed by atoms with Crippen molar-refractivity contribution in [1.29, 1.82) is 0 Å². The minimum atomic E-state index is -5.37. The van der Waals surface area contributed by atoms with Crippen molar-refractivity contribution in [2.24, 2.45) is 5.41 Å². The molecule has 2 aromatic rings. The summed E-state index contributed by atoms with van der Waals surface area (Å²) in [5.41, 5.74) is -4.72. The maximum atomic E-state index is 14.0. The fraction of sp³-hybridized carbons (Fsp3) is 0.517. The first-order valence-electron chi connectivity index (χ1n) is 12.9. The maximum Gasteiger partial charge on any atom is 0.448 e. The molecule has 15 heteroatoms. The second-order valence-corrected chi connectivity index (χ2v) is 11.7. The van der Waals surface area contributed by atoms with Crippen LogP contribution in [0.2, 0.25) is 10.0 Å². The Morgan fingerprint density at radius 2 is 1.07 bits per heavy atom. The largest absolute Gasteiger partial charge is 0.448 e. The zero-order chi connectivity index (χ0) is 34.3. The molecule has 0 spiro atoms. The van der Waals surface area contributed by atoms with Crippen LogP contribution in [0.1, 0.15) is 66.5 Å². The lowest BCUT2D eigenvalue weighted by Crippen LogP contribution is -2.44. The van der Waals surface area contributed by atoms with Crippen molar-refractivity contribution >= 4 is 28.8 Å². The van der Waals surface area contributed by atoms with Gasteiger partial charge in [-0.25, -0.2) is 0 Å². The summed E-state index contributed by atoms with van der Waals surface area (Å²) in [6.07, 6.45) is -14.6. The Kier molecular flexibility index (Phi) is 11.3. The van der Waals surface area contributed by atoms with Crippen LogP contribution in [-0.2, 0) is 21.0 Å². The van der Waals surface area contributed by atoms with E-state index in [1.165, 1.54) is 19.9 Å². The number of aliphatic hydroxyl groups is 2. The van der Waals surface area contributed by atoms with Gasteiger partial charge in [-0.1, -0.05) is 43.1 Å². The number of benzene rings is 2. The number of hydrogen-bond donors (Lipinski definition) is 2. The van der Waals surface area contributed by atoms with Crippen LogP contribution in [0, 0.1) is 19.3 Å². The summed E-state index contributed by atoms with van der Waals surface area (Å²) >= 11 is 12.5. The van der Waals surface area contributed by atoms with Gasteiger partial charge in [0.25, 0.3) is 11.6 Å². The summed E-state index contributed by atoms with van der Waals surface area (Å²) in [5.74, 6) is -7.72. The van der Waals surface area contributed by atoms with E-state index >= 15 is 0 Å². The molecule has 0 fully saturated rings. The Hall–Kier alpha value is -2.03. The molecule has 0 radical (unpaired) electrons. The first kappa shape index (κ1) is 38.2. The number of methoxy groups -OCH3 is 2. The van der Waals surface area contributed by atoms with E-state index in [9.17, 15) is 49.7 Å². The summed E-state index contributed by atoms with van der Waals surface area (Å²) in [6, 6.07) is 4.03. The van der Waals surface area contributed by atoms with Gasteiger partial charge in [0.1, 0.15) is 0 Å². The zero-order valence-corrected chi connectivity index (χ0v) is 25.9. The van der Waals surface area contributed by atoms with E-state index in [2.05, 4.69) is 9.47 Å². The molecule has 0 aliphatic carbocycles. The SMILES string of the molecule is COC(O)(c1cc(C(=CCCCC(C)(C)C(F)(F)F)c2cc(Cl)c(C)c(C(O)(OC)C(F)(F)F)c2)cc(Cl)c1C)C(F)(F)F. The molecule has 0 saturated carbocycles. The predicted octanol–water partition coefficient (Wildman–Crippen LogP) is 9.51. The molecule has 0 aliphatic heterocycles. The molecule has 2 rings (SSSR count). The first-order chi connectivity index (χ1) is 19.8. The lowest BCUT2D eigenvalue weighted by Gasteiger charge is -2.32. The number of rotatable bonds is 10. The van der Waals surface area contributed by atoms with Crippen LogP contribution in [0.5, 0.6) is 0 Å². The van der Waals surface area contributed by atoms with Gasteiger partial charge < -0.3 is 19.7 Å². The number of ether oxygens (including phenoxy) is 2. The molecule has 4 nitrogen and oxygen atoms in total. The lowest BCUT2D eigenvalue weighted by atomic mass is 9.85. The standard InChI is InChI=1S/C29H31Cl2F9O4/c1-15-20(25(41,43-5)28(35,36)37)11-17(13-22(15)30)19(9-7-8-10-24(3,4)27(32,33)34)18-12-21(16(2)23(31)14-18)26(42,44-6)29(38,39)40/h9,11-14,41-42H,7-8,10H2,1-6H3. The average molecular weight is 685 g/mol. The van der Waals surface area contributed by atoms with Crippen molar-refractivity contribution in [3.8, 4) is 0 Å². The molecule has 248 valence electrons. The van der Waals surface area contributed by atoms with Crippen LogP contribution < -0.4 is 0 Å². The second kappa shape index (κ2) is 13.0. The molecule has 2 atom stereocenters. The molecule has 44 heavy (non-hydrogen) atoms. The molecular weight excluding hydrogens is 654 g/mol. The molecule has 2 aromatic carbocycles. The number of allylic oxidation sites excluding steroid dienone is 1. The van der Waals surface area contributed by atoms with E-state index in [1.54, 1.807) is 0 Å². The summed E-state index contributed by atoms with van der Waals surface area (Å²) in [4.78, 5) is 0. The molecule has 0 bridgehead atoms. The highest BCUT2D eigenvalue weighted by Gasteiger charge is 2.58. The Morgan fingerprint density at radius 1 is 0.705 bits per heavy atom. The van der Waals surface area contributed by atoms with E-state index in [0.717, 1.165) is 38.1 Å².